The summed E-state index contributed by atoms with van der Waals surface area (Å²) in [6, 6.07) is 1.00. The number of benzene rings is 1. The number of anilines is 1. The van der Waals surface area contributed by atoms with Gasteiger partial charge in [0.05, 0.1) is 27.0 Å². The number of carbonyl (C=O) groups excluding carboxylic acids is 1. The van der Waals surface area contributed by atoms with Crippen LogP contribution >= 0.6 is 0 Å². The van der Waals surface area contributed by atoms with E-state index in [4.69, 9.17) is 0 Å². The highest BCUT2D eigenvalue weighted by atomic mass is 32.2. The Hall–Kier alpha value is -1.48. The van der Waals surface area contributed by atoms with E-state index in [0.29, 0.717) is 6.07 Å². The van der Waals surface area contributed by atoms with E-state index >= 15 is 0 Å². The molecule has 2 N–H and O–H groups in total. The van der Waals surface area contributed by atoms with Gasteiger partial charge in [0.25, 0.3) is 0 Å². The van der Waals surface area contributed by atoms with Gasteiger partial charge in [-0.3, -0.25) is 4.79 Å². The summed E-state index contributed by atoms with van der Waals surface area (Å²) in [7, 11) is -1.53. The minimum absolute atomic E-state index is 0.0603. The summed E-state index contributed by atoms with van der Waals surface area (Å²) in [6.45, 7) is 7.69. The largest absolute Gasteiger partial charge is 0.419 e. The number of amides is 1. The fourth-order valence-electron chi connectivity index (χ4n) is 1.79. The van der Waals surface area contributed by atoms with E-state index < -0.39 is 50.9 Å². The number of hydrogen-bond acceptors (Lipinski definition) is 2. The highest BCUT2D eigenvalue weighted by molar-refractivity contribution is 7.84. The van der Waals surface area contributed by atoms with Gasteiger partial charge in [-0.25, -0.2) is 13.3 Å². The molecule has 1 aromatic rings. The monoisotopic (exact) mass is 368 g/mol. The van der Waals surface area contributed by atoms with Crippen LogP contribution in [0.3, 0.4) is 0 Å². The lowest BCUT2D eigenvalue weighted by atomic mass is 10.0. The molecule has 0 heterocycles. The first-order chi connectivity index (χ1) is 10.7. The highest BCUT2D eigenvalue weighted by Gasteiger charge is 2.36. The van der Waals surface area contributed by atoms with Crippen LogP contribution in [0.4, 0.5) is 23.2 Å². The fraction of sp³-hybridized carbons (Fsp3) is 0.533. The second-order valence-electron chi connectivity index (χ2n) is 6.33. The Kier molecular flexibility index (Phi) is 6.15. The van der Waals surface area contributed by atoms with E-state index in [1.165, 1.54) is 6.92 Å². The number of hydrogen-bond donors (Lipinski definition) is 2. The fourth-order valence-corrected chi connectivity index (χ4v) is 2.60. The first-order valence-electron chi connectivity index (χ1n) is 7.09. The van der Waals surface area contributed by atoms with Crippen LogP contribution in [0.5, 0.6) is 0 Å². The second-order valence-corrected chi connectivity index (χ2v) is 8.33. The van der Waals surface area contributed by atoms with Crippen LogP contribution in [0.1, 0.15) is 51.8 Å². The lowest BCUT2D eigenvalue weighted by molar-refractivity contribution is -0.140. The molecular weight excluding hydrogens is 348 g/mol. The molecule has 1 amide bonds. The van der Waals surface area contributed by atoms with E-state index in [9.17, 15) is 26.6 Å². The van der Waals surface area contributed by atoms with Gasteiger partial charge in [-0.2, -0.15) is 13.2 Å². The molecule has 0 spiro atoms. The van der Waals surface area contributed by atoms with E-state index in [-0.39, 0.29) is 5.56 Å². The van der Waals surface area contributed by atoms with E-state index in [2.05, 4.69) is 4.72 Å². The molecule has 136 valence electrons. The van der Waals surface area contributed by atoms with Crippen LogP contribution in [0.15, 0.2) is 12.1 Å². The molecule has 0 aromatic heterocycles. The maximum absolute atomic E-state index is 14.0. The molecule has 1 rings (SSSR count). The molecule has 0 aliphatic heterocycles. The van der Waals surface area contributed by atoms with Gasteiger partial charge < -0.3 is 5.32 Å². The van der Waals surface area contributed by atoms with Crippen molar-refractivity contribution in [3.8, 4) is 0 Å². The summed E-state index contributed by atoms with van der Waals surface area (Å²) in [4.78, 5) is 11.1. The summed E-state index contributed by atoms with van der Waals surface area (Å²) >= 11 is 0. The Labute approximate surface area is 140 Å². The van der Waals surface area contributed by atoms with Crippen molar-refractivity contribution in [2.24, 2.45) is 0 Å². The van der Waals surface area contributed by atoms with Crippen LogP contribution < -0.4 is 10.0 Å². The minimum atomic E-state index is -4.92. The first-order valence-corrected chi connectivity index (χ1v) is 8.24. The van der Waals surface area contributed by atoms with Crippen molar-refractivity contribution in [3.05, 3.63) is 29.1 Å². The Morgan fingerprint density at radius 3 is 2.17 bits per heavy atom. The van der Waals surface area contributed by atoms with Gasteiger partial charge >= 0.3 is 6.18 Å². The molecule has 0 bridgehead atoms. The lowest BCUT2D eigenvalue weighted by Gasteiger charge is -2.23. The molecule has 0 saturated heterocycles. The van der Waals surface area contributed by atoms with Crippen molar-refractivity contribution in [1.82, 2.24) is 4.72 Å². The van der Waals surface area contributed by atoms with Crippen molar-refractivity contribution >= 4 is 22.6 Å². The second kappa shape index (κ2) is 7.18. The first kappa shape index (κ1) is 20.6. The zero-order chi connectivity index (χ0) is 18.9. The zero-order valence-corrected chi connectivity index (χ0v) is 14.8. The Morgan fingerprint density at radius 2 is 1.75 bits per heavy atom. The predicted molar refractivity (Wildman–Crippen MR) is 85.2 cm³/mol. The van der Waals surface area contributed by atoms with Crippen LogP contribution in [0.25, 0.3) is 0 Å². The number of halogens is 4. The minimum Gasteiger partial charge on any atom is -0.324 e. The molecule has 9 heteroatoms. The van der Waals surface area contributed by atoms with Crippen molar-refractivity contribution in [3.63, 3.8) is 0 Å². The summed E-state index contributed by atoms with van der Waals surface area (Å²) in [5.74, 6) is -2.25. The average molecular weight is 368 g/mol. The number of alkyl halides is 3. The summed E-state index contributed by atoms with van der Waals surface area (Å²) in [5, 5.41) is 2.05. The summed E-state index contributed by atoms with van der Waals surface area (Å²) in [5.41, 5.74) is -1.99. The molecule has 2 unspecified atom stereocenters. The smallest absolute Gasteiger partial charge is 0.324 e. The normalized spacial score (nSPS) is 15.0. The van der Waals surface area contributed by atoms with Crippen molar-refractivity contribution in [2.45, 2.75) is 51.6 Å². The molecule has 0 saturated carbocycles. The van der Waals surface area contributed by atoms with Crippen molar-refractivity contribution in [1.29, 1.82) is 0 Å². The Morgan fingerprint density at radius 1 is 1.21 bits per heavy atom. The van der Waals surface area contributed by atoms with E-state index in [1.54, 1.807) is 20.8 Å². The summed E-state index contributed by atoms with van der Waals surface area (Å²) < 4.78 is 67.2. The van der Waals surface area contributed by atoms with Gasteiger partial charge in [0.2, 0.25) is 5.91 Å². The average Bonchev–Trinajstić information content (AvgIpc) is 2.37. The van der Waals surface area contributed by atoms with Crippen LogP contribution in [-0.4, -0.2) is 14.9 Å². The third-order valence-electron chi connectivity index (χ3n) is 3.05. The van der Waals surface area contributed by atoms with E-state index in [0.717, 1.165) is 13.0 Å². The topological polar surface area (TPSA) is 58.2 Å². The van der Waals surface area contributed by atoms with Gasteiger partial charge in [0, 0.05) is 13.0 Å². The van der Waals surface area contributed by atoms with Gasteiger partial charge in [-0.15, -0.1) is 0 Å². The van der Waals surface area contributed by atoms with Gasteiger partial charge in [-0.05, 0) is 45.4 Å². The molecule has 24 heavy (non-hydrogen) atoms. The maximum Gasteiger partial charge on any atom is 0.419 e. The van der Waals surface area contributed by atoms with Gasteiger partial charge in [0.1, 0.15) is 0 Å². The third kappa shape index (κ3) is 5.27. The standard InChI is InChI=1S/C15H20F4N2O2S/c1-8(21-24(23)14(3,4)5)10-6-11(15(17,18)19)13(16)12(7-10)20-9(2)22/h6-8,21H,1-5H3,(H,20,22). The molecule has 1 aromatic carbocycles. The molecule has 2 atom stereocenters. The summed E-state index contributed by atoms with van der Waals surface area (Å²) in [6.07, 6.45) is -4.92. The predicted octanol–water partition coefficient (Wildman–Crippen LogP) is 3.92. The highest BCUT2D eigenvalue weighted by Crippen LogP contribution is 2.36. The Bertz CT molecular complexity index is 654. The number of nitrogens with one attached hydrogen (secondary N) is 2. The van der Waals surface area contributed by atoms with Crippen LogP contribution in [0, 0.1) is 5.82 Å². The molecule has 0 aliphatic carbocycles. The maximum atomic E-state index is 14.0. The Balaban J connectivity index is 3.32. The van der Waals surface area contributed by atoms with Crippen LogP contribution in [-0.2, 0) is 22.0 Å². The third-order valence-corrected chi connectivity index (χ3v) is 4.73. The van der Waals surface area contributed by atoms with Crippen LogP contribution in [0.2, 0.25) is 0 Å². The number of carbonyl (C=O) groups is 1. The lowest BCUT2D eigenvalue weighted by Crippen LogP contribution is -2.35. The van der Waals surface area contributed by atoms with Crippen molar-refractivity contribution in [2.75, 3.05) is 5.32 Å². The van der Waals surface area contributed by atoms with Gasteiger partial charge in [-0.1, -0.05) is 0 Å². The number of rotatable bonds is 4. The molecule has 0 radical (unpaired) electrons. The SMILES string of the molecule is CC(=O)Nc1cc(C(C)NS(=O)C(C)(C)C)cc(C(F)(F)F)c1F. The molecule has 0 fully saturated rings. The van der Waals surface area contributed by atoms with Crippen molar-refractivity contribution < 1.29 is 26.6 Å². The van der Waals surface area contributed by atoms with E-state index in [1.807, 2.05) is 5.32 Å². The molecular formula is C15H20F4N2O2S. The molecule has 4 nitrogen and oxygen atoms in total. The van der Waals surface area contributed by atoms with Gasteiger partial charge in [0.15, 0.2) is 5.82 Å². The zero-order valence-electron chi connectivity index (χ0n) is 14.0. The molecule has 0 aliphatic rings. The quantitative estimate of drug-likeness (QED) is 0.792.